The van der Waals surface area contributed by atoms with Gasteiger partial charge in [-0.15, -0.1) is 0 Å². The standard InChI is InChI=1S/C10H12BNO2/c1-14-10(13)5-6-12-9-4-2-3-8(11)7-9/h2-4,7,12H,5-6H2,1H3. The molecule has 0 aliphatic rings. The van der Waals surface area contributed by atoms with Crippen LogP contribution in [0.4, 0.5) is 5.69 Å². The third-order valence-electron chi connectivity index (χ3n) is 1.77. The highest BCUT2D eigenvalue weighted by molar-refractivity contribution is 6.32. The van der Waals surface area contributed by atoms with Crippen molar-refractivity contribution < 1.29 is 9.53 Å². The molecule has 1 N–H and O–H groups in total. The topological polar surface area (TPSA) is 38.3 Å². The second-order valence-electron chi connectivity index (χ2n) is 2.88. The second kappa shape index (κ2) is 5.32. The first kappa shape index (κ1) is 10.6. The molecule has 1 aromatic carbocycles. The molecule has 0 bridgehead atoms. The number of benzene rings is 1. The SMILES string of the molecule is [B]c1cccc(NCCC(=O)OC)c1. The van der Waals surface area contributed by atoms with Crippen molar-refractivity contribution in [2.75, 3.05) is 19.0 Å². The van der Waals surface area contributed by atoms with Gasteiger partial charge < -0.3 is 10.1 Å². The highest BCUT2D eigenvalue weighted by Crippen LogP contribution is 2.02. The Balaban J connectivity index is 2.35. The number of esters is 1. The van der Waals surface area contributed by atoms with Gasteiger partial charge in [-0.05, 0) is 12.1 Å². The molecule has 14 heavy (non-hydrogen) atoms. The van der Waals surface area contributed by atoms with E-state index in [-0.39, 0.29) is 5.97 Å². The monoisotopic (exact) mass is 189 g/mol. The maximum atomic E-state index is 10.8. The lowest BCUT2D eigenvalue weighted by Gasteiger charge is -2.05. The molecule has 0 heterocycles. The number of anilines is 1. The highest BCUT2D eigenvalue weighted by atomic mass is 16.5. The summed E-state index contributed by atoms with van der Waals surface area (Å²) in [7, 11) is 6.96. The molecule has 0 fully saturated rings. The number of ether oxygens (including phenoxy) is 1. The summed E-state index contributed by atoms with van der Waals surface area (Å²) in [4.78, 5) is 10.8. The normalized spacial score (nSPS) is 9.50. The molecular weight excluding hydrogens is 177 g/mol. The Bertz CT molecular complexity index is 315. The summed E-state index contributed by atoms with van der Waals surface area (Å²) in [5.74, 6) is -0.221. The summed E-state index contributed by atoms with van der Waals surface area (Å²) in [6.07, 6.45) is 0.352. The number of rotatable bonds is 4. The molecule has 0 aromatic heterocycles. The van der Waals surface area contributed by atoms with Crippen LogP contribution in [-0.4, -0.2) is 27.5 Å². The van der Waals surface area contributed by atoms with Crippen LogP contribution in [0.1, 0.15) is 6.42 Å². The molecule has 72 valence electrons. The van der Waals surface area contributed by atoms with E-state index in [0.29, 0.717) is 18.4 Å². The molecule has 0 spiro atoms. The average Bonchev–Trinajstić information content (AvgIpc) is 2.17. The van der Waals surface area contributed by atoms with Crippen LogP contribution in [0.5, 0.6) is 0 Å². The van der Waals surface area contributed by atoms with Crippen molar-refractivity contribution in [1.82, 2.24) is 0 Å². The zero-order chi connectivity index (χ0) is 10.4. The van der Waals surface area contributed by atoms with E-state index in [9.17, 15) is 4.79 Å². The zero-order valence-corrected chi connectivity index (χ0v) is 8.12. The van der Waals surface area contributed by atoms with Gasteiger partial charge in [-0.2, -0.15) is 0 Å². The van der Waals surface area contributed by atoms with Crippen LogP contribution < -0.4 is 10.8 Å². The van der Waals surface area contributed by atoms with Crippen LogP contribution >= 0.6 is 0 Å². The van der Waals surface area contributed by atoms with Gasteiger partial charge in [-0.25, -0.2) is 0 Å². The van der Waals surface area contributed by atoms with E-state index < -0.39 is 0 Å². The van der Waals surface area contributed by atoms with Gasteiger partial charge in [0.2, 0.25) is 0 Å². The predicted octanol–water partition coefficient (Wildman–Crippen LogP) is 0.455. The Morgan fingerprint density at radius 3 is 3.00 bits per heavy atom. The molecular formula is C10H12BNO2. The van der Waals surface area contributed by atoms with Crippen molar-refractivity contribution in [1.29, 1.82) is 0 Å². The molecule has 2 radical (unpaired) electrons. The fraction of sp³-hybridized carbons (Fsp3) is 0.300. The summed E-state index contributed by atoms with van der Waals surface area (Å²) < 4.78 is 4.51. The minimum atomic E-state index is -0.221. The Labute approximate surface area is 84.9 Å². The first-order chi connectivity index (χ1) is 6.72. The first-order valence-corrected chi connectivity index (χ1v) is 4.38. The van der Waals surface area contributed by atoms with Gasteiger partial charge in [-0.1, -0.05) is 17.6 Å². The Hall–Kier alpha value is -1.45. The van der Waals surface area contributed by atoms with Crippen LogP contribution in [0.2, 0.25) is 0 Å². The average molecular weight is 189 g/mol. The summed E-state index contributed by atoms with van der Waals surface area (Å²) in [5.41, 5.74) is 1.61. The third kappa shape index (κ3) is 3.52. The van der Waals surface area contributed by atoms with Crippen molar-refractivity contribution in [2.45, 2.75) is 6.42 Å². The largest absolute Gasteiger partial charge is 0.469 e. The molecule has 1 aromatic rings. The van der Waals surface area contributed by atoms with Crippen LogP contribution in [0, 0.1) is 0 Å². The second-order valence-corrected chi connectivity index (χ2v) is 2.88. The molecule has 4 heteroatoms. The molecule has 1 rings (SSSR count). The summed E-state index contributed by atoms with van der Waals surface area (Å²) >= 11 is 0. The van der Waals surface area contributed by atoms with E-state index in [2.05, 4.69) is 10.1 Å². The van der Waals surface area contributed by atoms with Crippen LogP contribution in [0.3, 0.4) is 0 Å². The Morgan fingerprint density at radius 1 is 1.57 bits per heavy atom. The van der Waals surface area contributed by atoms with Crippen LogP contribution in [0.15, 0.2) is 24.3 Å². The lowest BCUT2D eigenvalue weighted by molar-refractivity contribution is -0.140. The summed E-state index contributed by atoms with van der Waals surface area (Å²) in [6, 6.07) is 7.38. The fourth-order valence-corrected chi connectivity index (χ4v) is 1.06. The van der Waals surface area contributed by atoms with Crippen molar-refractivity contribution in [3.05, 3.63) is 24.3 Å². The van der Waals surface area contributed by atoms with E-state index in [1.165, 1.54) is 7.11 Å². The molecule has 3 nitrogen and oxygen atoms in total. The van der Waals surface area contributed by atoms with Gasteiger partial charge in [0.25, 0.3) is 0 Å². The summed E-state index contributed by atoms with van der Waals surface area (Å²) in [5, 5.41) is 3.07. The number of carbonyl (C=O) groups is 1. The minimum Gasteiger partial charge on any atom is -0.469 e. The quantitative estimate of drug-likeness (QED) is 0.552. The fourth-order valence-electron chi connectivity index (χ4n) is 1.06. The van der Waals surface area contributed by atoms with Crippen molar-refractivity contribution in [3.8, 4) is 0 Å². The van der Waals surface area contributed by atoms with E-state index in [0.717, 1.165) is 5.69 Å². The number of hydrogen-bond donors (Lipinski definition) is 1. The minimum absolute atomic E-state index is 0.221. The molecule has 0 unspecified atom stereocenters. The van der Waals surface area contributed by atoms with Gasteiger partial charge in [0, 0.05) is 12.2 Å². The third-order valence-corrected chi connectivity index (χ3v) is 1.77. The van der Waals surface area contributed by atoms with Crippen molar-refractivity contribution in [2.24, 2.45) is 0 Å². The van der Waals surface area contributed by atoms with E-state index in [1.807, 2.05) is 24.3 Å². The van der Waals surface area contributed by atoms with Gasteiger partial charge in [0.1, 0.15) is 7.85 Å². The Morgan fingerprint density at radius 2 is 2.36 bits per heavy atom. The van der Waals surface area contributed by atoms with Crippen molar-refractivity contribution in [3.63, 3.8) is 0 Å². The molecule has 0 aliphatic carbocycles. The van der Waals surface area contributed by atoms with Gasteiger partial charge >= 0.3 is 5.97 Å². The maximum absolute atomic E-state index is 10.8. The van der Waals surface area contributed by atoms with Gasteiger partial charge in [0.05, 0.1) is 13.5 Å². The number of nitrogens with one attached hydrogen (secondary N) is 1. The van der Waals surface area contributed by atoms with Crippen molar-refractivity contribution >= 4 is 25.0 Å². The smallest absolute Gasteiger partial charge is 0.307 e. The Kier molecular flexibility index (Phi) is 4.04. The highest BCUT2D eigenvalue weighted by Gasteiger charge is 1.98. The molecule has 0 aliphatic heterocycles. The molecule has 0 saturated heterocycles. The van der Waals surface area contributed by atoms with E-state index in [4.69, 9.17) is 7.85 Å². The molecule has 0 saturated carbocycles. The number of carbonyl (C=O) groups excluding carboxylic acids is 1. The molecule has 0 atom stereocenters. The summed E-state index contributed by atoms with van der Waals surface area (Å²) in [6.45, 7) is 0.552. The predicted molar refractivity (Wildman–Crippen MR) is 57.0 cm³/mol. The van der Waals surface area contributed by atoms with Crippen LogP contribution in [0.25, 0.3) is 0 Å². The van der Waals surface area contributed by atoms with Crippen LogP contribution in [-0.2, 0) is 9.53 Å². The van der Waals surface area contributed by atoms with Gasteiger partial charge in [0.15, 0.2) is 0 Å². The maximum Gasteiger partial charge on any atom is 0.307 e. The number of methoxy groups -OCH3 is 1. The number of hydrogen-bond acceptors (Lipinski definition) is 3. The zero-order valence-electron chi connectivity index (χ0n) is 8.12. The lowest BCUT2D eigenvalue weighted by atomic mass is 9.96. The first-order valence-electron chi connectivity index (χ1n) is 4.38. The van der Waals surface area contributed by atoms with Gasteiger partial charge in [-0.3, -0.25) is 4.79 Å². The lowest BCUT2D eigenvalue weighted by Crippen LogP contribution is -2.11. The van der Waals surface area contributed by atoms with E-state index >= 15 is 0 Å². The van der Waals surface area contributed by atoms with E-state index in [1.54, 1.807) is 0 Å². The molecule has 0 amide bonds.